The summed E-state index contributed by atoms with van der Waals surface area (Å²) in [5.41, 5.74) is -0.351. The second kappa shape index (κ2) is 8.37. The first-order chi connectivity index (χ1) is 13.6. The molecular weight excluding hydrogens is 498 g/mol. The van der Waals surface area contributed by atoms with E-state index in [1.807, 2.05) is 18.2 Å². The molecule has 154 valence electrons. The van der Waals surface area contributed by atoms with Gasteiger partial charge in [0.25, 0.3) is 0 Å². The third-order valence-electron chi connectivity index (χ3n) is 3.96. The summed E-state index contributed by atoms with van der Waals surface area (Å²) in [6, 6.07) is 7.25. The minimum atomic E-state index is -4.70. The molecule has 1 amide bonds. The molecular formula is C17H13BrCl2F3N5O. The zero-order chi connectivity index (χ0) is 21.3. The van der Waals surface area contributed by atoms with Crippen molar-refractivity contribution in [2.75, 3.05) is 5.32 Å². The van der Waals surface area contributed by atoms with Crippen molar-refractivity contribution in [2.24, 2.45) is 0 Å². The molecule has 0 fully saturated rings. The van der Waals surface area contributed by atoms with Gasteiger partial charge in [-0.2, -0.15) is 23.4 Å². The van der Waals surface area contributed by atoms with Crippen LogP contribution in [0.5, 0.6) is 0 Å². The van der Waals surface area contributed by atoms with Crippen LogP contribution in [0.1, 0.15) is 17.0 Å². The summed E-state index contributed by atoms with van der Waals surface area (Å²) in [4.78, 5) is 12.3. The maximum absolute atomic E-state index is 12.9. The zero-order valence-electron chi connectivity index (χ0n) is 14.8. The van der Waals surface area contributed by atoms with E-state index in [1.54, 1.807) is 16.9 Å². The van der Waals surface area contributed by atoms with Crippen LogP contribution in [0, 0.1) is 6.92 Å². The second-order valence-corrected chi connectivity index (χ2v) is 7.71. The quantitative estimate of drug-likeness (QED) is 0.515. The van der Waals surface area contributed by atoms with Gasteiger partial charge in [0.2, 0.25) is 5.91 Å². The predicted molar refractivity (Wildman–Crippen MR) is 106 cm³/mol. The number of aromatic nitrogens is 4. The monoisotopic (exact) mass is 509 g/mol. The fourth-order valence-electron chi connectivity index (χ4n) is 2.53. The number of nitrogens with zero attached hydrogens (tertiary/aromatic N) is 4. The van der Waals surface area contributed by atoms with Crippen molar-refractivity contribution in [2.45, 2.75) is 26.2 Å². The summed E-state index contributed by atoms with van der Waals surface area (Å²) in [5.74, 6) is -0.390. The summed E-state index contributed by atoms with van der Waals surface area (Å²) in [7, 11) is 0. The molecule has 0 atom stereocenters. The number of alkyl halides is 3. The average molecular weight is 511 g/mol. The van der Waals surface area contributed by atoms with Crippen molar-refractivity contribution in [1.29, 1.82) is 0 Å². The van der Waals surface area contributed by atoms with Crippen LogP contribution < -0.4 is 5.32 Å². The van der Waals surface area contributed by atoms with E-state index in [0.717, 1.165) is 10.2 Å². The Bertz CT molecular complexity index is 1060. The smallest absolute Gasteiger partial charge is 0.307 e. The summed E-state index contributed by atoms with van der Waals surface area (Å²) in [6.45, 7) is 1.27. The number of benzene rings is 1. The third-order valence-corrected chi connectivity index (χ3v) is 5.36. The minimum absolute atomic E-state index is 0.0393. The normalized spacial score (nSPS) is 11.7. The number of rotatable bonds is 5. The molecule has 0 aliphatic heterocycles. The highest BCUT2D eigenvalue weighted by Gasteiger charge is 2.38. The maximum atomic E-state index is 12.9. The van der Waals surface area contributed by atoms with E-state index in [9.17, 15) is 18.0 Å². The van der Waals surface area contributed by atoms with Gasteiger partial charge >= 0.3 is 6.18 Å². The summed E-state index contributed by atoms with van der Waals surface area (Å²) >= 11 is 15.1. The largest absolute Gasteiger partial charge is 0.436 e. The molecule has 3 aromatic rings. The van der Waals surface area contributed by atoms with E-state index < -0.39 is 29.3 Å². The number of carbonyl (C=O) groups excluding carboxylic acids is 1. The van der Waals surface area contributed by atoms with E-state index in [1.165, 1.54) is 6.92 Å². The van der Waals surface area contributed by atoms with Gasteiger partial charge in [-0.3, -0.25) is 14.2 Å². The van der Waals surface area contributed by atoms with Gasteiger partial charge in [-0.05, 0) is 34.5 Å². The molecule has 29 heavy (non-hydrogen) atoms. The predicted octanol–water partition coefficient (Wildman–Crippen LogP) is 5.16. The lowest BCUT2D eigenvalue weighted by Crippen LogP contribution is -2.21. The molecule has 3 rings (SSSR count). The fraction of sp³-hybridized carbons (Fsp3) is 0.235. The first-order valence-corrected chi connectivity index (χ1v) is 9.67. The highest BCUT2D eigenvalue weighted by atomic mass is 79.9. The number of amides is 1. The van der Waals surface area contributed by atoms with Crippen LogP contribution in [0.2, 0.25) is 10.0 Å². The number of halogens is 6. The lowest BCUT2D eigenvalue weighted by atomic mass is 10.2. The van der Waals surface area contributed by atoms with Crippen molar-refractivity contribution < 1.29 is 18.0 Å². The fourth-order valence-corrected chi connectivity index (χ4v) is 3.38. The molecule has 0 unspecified atom stereocenters. The molecule has 0 spiro atoms. The highest BCUT2D eigenvalue weighted by molar-refractivity contribution is 9.10. The Morgan fingerprint density at radius 2 is 1.93 bits per heavy atom. The van der Waals surface area contributed by atoms with Crippen LogP contribution in [0.15, 0.2) is 34.9 Å². The molecule has 0 aliphatic carbocycles. The van der Waals surface area contributed by atoms with Gasteiger partial charge in [0, 0.05) is 11.2 Å². The van der Waals surface area contributed by atoms with Crippen LogP contribution in [-0.4, -0.2) is 25.5 Å². The van der Waals surface area contributed by atoms with E-state index >= 15 is 0 Å². The maximum Gasteiger partial charge on any atom is 0.436 e. The molecule has 0 saturated heterocycles. The summed E-state index contributed by atoms with van der Waals surface area (Å²) in [5, 5.41) is 10.2. The zero-order valence-corrected chi connectivity index (χ0v) is 17.9. The molecule has 2 aromatic heterocycles. The first kappa shape index (κ1) is 21.7. The standard InChI is InChI=1S/C17H13BrCl2F3N5O/c1-9-14(20)15(17(21,22)23)25-28(9)8-13(29)24-16-11(18)7-27(26-16)6-10-4-2-3-5-12(10)19/h2-5,7H,6,8H2,1H3,(H,24,26,29). The molecule has 2 heterocycles. The summed E-state index contributed by atoms with van der Waals surface area (Å²) < 4.78 is 41.7. The van der Waals surface area contributed by atoms with Crippen LogP contribution in [-0.2, 0) is 24.1 Å². The molecule has 6 nitrogen and oxygen atoms in total. The van der Waals surface area contributed by atoms with Gasteiger partial charge in [0.1, 0.15) is 6.54 Å². The van der Waals surface area contributed by atoms with Crippen molar-refractivity contribution in [3.8, 4) is 0 Å². The number of nitrogens with one attached hydrogen (secondary N) is 1. The molecule has 1 N–H and O–H groups in total. The Balaban J connectivity index is 1.72. The lowest BCUT2D eigenvalue weighted by molar-refractivity contribution is -0.141. The van der Waals surface area contributed by atoms with E-state index in [-0.39, 0.29) is 11.5 Å². The first-order valence-electron chi connectivity index (χ1n) is 8.12. The Morgan fingerprint density at radius 1 is 1.24 bits per heavy atom. The molecule has 12 heteroatoms. The number of hydrogen-bond acceptors (Lipinski definition) is 3. The topological polar surface area (TPSA) is 64.7 Å². The van der Waals surface area contributed by atoms with Crippen LogP contribution in [0.4, 0.5) is 19.0 Å². The average Bonchev–Trinajstić information content (AvgIpc) is 3.10. The molecule has 1 aromatic carbocycles. The van der Waals surface area contributed by atoms with Crippen molar-refractivity contribution in [1.82, 2.24) is 19.6 Å². The van der Waals surface area contributed by atoms with Gasteiger partial charge in [-0.15, -0.1) is 0 Å². The Labute approximate surface area is 181 Å². The van der Waals surface area contributed by atoms with Crippen LogP contribution >= 0.6 is 39.1 Å². The number of carbonyl (C=O) groups is 1. The minimum Gasteiger partial charge on any atom is -0.307 e. The number of hydrogen-bond donors (Lipinski definition) is 1. The molecule has 0 saturated carbocycles. The van der Waals surface area contributed by atoms with Gasteiger partial charge in [0.05, 0.1) is 21.7 Å². The molecule has 0 bridgehead atoms. The Kier molecular flexibility index (Phi) is 6.25. The van der Waals surface area contributed by atoms with Crippen LogP contribution in [0.3, 0.4) is 0 Å². The van der Waals surface area contributed by atoms with Crippen LogP contribution in [0.25, 0.3) is 0 Å². The van der Waals surface area contributed by atoms with E-state index in [0.29, 0.717) is 16.0 Å². The van der Waals surface area contributed by atoms with Gasteiger partial charge < -0.3 is 5.32 Å². The van der Waals surface area contributed by atoms with Crippen molar-refractivity contribution in [3.05, 3.63) is 61.9 Å². The van der Waals surface area contributed by atoms with Gasteiger partial charge in [-0.1, -0.05) is 41.4 Å². The molecule has 0 aliphatic rings. The Hall–Kier alpha value is -2.04. The molecule has 0 radical (unpaired) electrons. The highest BCUT2D eigenvalue weighted by Crippen LogP contribution is 2.35. The summed E-state index contributed by atoms with van der Waals surface area (Å²) in [6.07, 6.45) is -3.05. The Morgan fingerprint density at radius 3 is 2.55 bits per heavy atom. The second-order valence-electron chi connectivity index (χ2n) is 6.07. The van der Waals surface area contributed by atoms with Gasteiger partial charge in [0.15, 0.2) is 11.5 Å². The van der Waals surface area contributed by atoms with E-state index in [2.05, 4.69) is 31.4 Å². The van der Waals surface area contributed by atoms with Crippen molar-refractivity contribution >= 4 is 50.9 Å². The SMILES string of the molecule is Cc1c(Cl)c(C(F)(F)F)nn1CC(=O)Nc1nn(Cc2ccccc2Cl)cc1Br. The van der Waals surface area contributed by atoms with Gasteiger partial charge in [-0.25, -0.2) is 0 Å². The lowest BCUT2D eigenvalue weighted by Gasteiger charge is -2.06. The van der Waals surface area contributed by atoms with E-state index in [4.69, 9.17) is 23.2 Å². The third kappa shape index (κ3) is 4.93. The van der Waals surface area contributed by atoms with Crippen molar-refractivity contribution in [3.63, 3.8) is 0 Å². The number of anilines is 1.